The topological polar surface area (TPSA) is 32.3 Å². The summed E-state index contributed by atoms with van der Waals surface area (Å²) < 4.78 is 0. The van der Waals surface area contributed by atoms with Gasteiger partial charge in [-0.05, 0) is 25.0 Å². The molecule has 1 aromatic carbocycles. The third-order valence-electron chi connectivity index (χ3n) is 3.77. The normalized spacial score (nSPS) is 26.6. The summed E-state index contributed by atoms with van der Waals surface area (Å²) in [6.07, 6.45) is 2.72. The largest absolute Gasteiger partial charge is 0.378 e. The number of anilines is 1. The molecule has 5 heteroatoms. The summed E-state index contributed by atoms with van der Waals surface area (Å²) in [7, 11) is 0. The van der Waals surface area contributed by atoms with Crippen molar-refractivity contribution >= 4 is 34.8 Å². The van der Waals surface area contributed by atoms with Crippen LogP contribution in [-0.2, 0) is 4.79 Å². The van der Waals surface area contributed by atoms with Gasteiger partial charge in [0, 0.05) is 13.0 Å². The first-order valence-electron chi connectivity index (χ1n) is 6.17. The number of benzene rings is 1. The van der Waals surface area contributed by atoms with E-state index in [-0.39, 0.29) is 11.9 Å². The Labute approximate surface area is 116 Å². The molecule has 2 atom stereocenters. The Kier molecular flexibility index (Phi) is 3.12. The van der Waals surface area contributed by atoms with Crippen molar-refractivity contribution in [2.45, 2.75) is 31.3 Å². The maximum Gasteiger partial charge on any atom is 0.225 e. The number of nitrogens with one attached hydrogen (secondary N) is 1. The first-order chi connectivity index (χ1) is 8.66. The lowest BCUT2D eigenvalue weighted by Gasteiger charge is -2.22. The van der Waals surface area contributed by atoms with Crippen molar-refractivity contribution in [1.82, 2.24) is 4.90 Å². The van der Waals surface area contributed by atoms with Gasteiger partial charge in [0.25, 0.3) is 0 Å². The number of amides is 1. The van der Waals surface area contributed by atoms with Gasteiger partial charge in [-0.3, -0.25) is 4.79 Å². The molecular weight excluding hydrogens is 271 g/mol. The van der Waals surface area contributed by atoms with E-state index in [1.54, 1.807) is 6.07 Å². The standard InChI is InChI=1S/C13H14Cl2N2O/c14-8-3-1-4-9(13(8)15)16-10-7-12(18)17-6-2-5-11(10)17/h1,3-4,10-11,16H,2,5-7H2. The Morgan fingerprint density at radius 3 is 3.00 bits per heavy atom. The summed E-state index contributed by atoms with van der Waals surface area (Å²) >= 11 is 12.1. The highest BCUT2D eigenvalue weighted by atomic mass is 35.5. The van der Waals surface area contributed by atoms with E-state index in [0.29, 0.717) is 22.5 Å². The van der Waals surface area contributed by atoms with Gasteiger partial charge in [-0.15, -0.1) is 0 Å². The SMILES string of the molecule is O=C1CC(Nc2cccc(Cl)c2Cl)C2CCCN12. The highest BCUT2D eigenvalue weighted by Gasteiger charge is 2.42. The number of hydrogen-bond donors (Lipinski definition) is 1. The summed E-state index contributed by atoms with van der Waals surface area (Å²) in [6.45, 7) is 0.894. The molecule has 0 aromatic heterocycles. The molecule has 3 nitrogen and oxygen atoms in total. The molecule has 0 saturated carbocycles. The predicted molar refractivity (Wildman–Crippen MR) is 73.2 cm³/mol. The van der Waals surface area contributed by atoms with Gasteiger partial charge in [-0.25, -0.2) is 0 Å². The number of halogens is 2. The Morgan fingerprint density at radius 1 is 1.33 bits per heavy atom. The minimum Gasteiger partial charge on any atom is -0.378 e. The zero-order valence-corrected chi connectivity index (χ0v) is 11.3. The van der Waals surface area contributed by atoms with Crippen LogP contribution >= 0.6 is 23.2 Å². The van der Waals surface area contributed by atoms with Gasteiger partial charge in [0.15, 0.2) is 0 Å². The molecular formula is C13H14Cl2N2O. The van der Waals surface area contributed by atoms with Gasteiger partial charge < -0.3 is 10.2 Å². The Bertz CT molecular complexity index is 492. The van der Waals surface area contributed by atoms with Gasteiger partial charge in [0.05, 0.1) is 27.8 Å². The first-order valence-corrected chi connectivity index (χ1v) is 6.92. The van der Waals surface area contributed by atoms with Gasteiger partial charge >= 0.3 is 0 Å². The fraction of sp³-hybridized carbons (Fsp3) is 0.462. The molecule has 2 heterocycles. The summed E-state index contributed by atoms with van der Waals surface area (Å²) in [5.41, 5.74) is 0.815. The van der Waals surface area contributed by atoms with Crippen molar-refractivity contribution in [1.29, 1.82) is 0 Å². The molecule has 18 heavy (non-hydrogen) atoms. The van der Waals surface area contributed by atoms with Gasteiger partial charge in [0.2, 0.25) is 5.91 Å². The van der Waals surface area contributed by atoms with E-state index in [0.717, 1.165) is 25.1 Å². The second kappa shape index (κ2) is 4.63. The average Bonchev–Trinajstić information content (AvgIpc) is 2.91. The molecule has 3 rings (SSSR count). The predicted octanol–water partition coefficient (Wildman–Crippen LogP) is 3.17. The van der Waals surface area contributed by atoms with Crippen molar-refractivity contribution in [3.8, 4) is 0 Å². The molecule has 0 bridgehead atoms. The number of nitrogens with zero attached hydrogens (tertiary/aromatic N) is 1. The molecule has 0 spiro atoms. The van der Waals surface area contributed by atoms with Crippen molar-refractivity contribution in [2.24, 2.45) is 0 Å². The van der Waals surface area contributed by atoms with Crippen LogP contribution in [0.4, 0.5) is 5.69 Å². The van der Waals surface area contributed by atoms with Crippen LogP contribution in [-0.4, -0.2) is 29.4 Å². The average molecular weight is 285 g/mol. The molecule has 2 unspecified atom stereocenters. The van der Waals surface area contributed by atoms with Gasteiger partial charge in [-0.2, -0.15) is 0 Å². The molecule has 2 saturated heterocycles. The highest BCUT2D eigenvalue weighted by molar-refractivity contribution is 6.43. The van der Waals surface area contributed by atoms with Gasteiger partial charge in [-0.1, -0.05) is 29.3 Å². The van der Waals surface area contributed by atoms with Crippen molar-refractivity contribution < 1.29 is 4.79 Å². The van der Waals surface area contributed by atoms with E-state index >= 15 is 0 Å². The van der Waals surface area contributed by atoms with Crippen molar-refractivity contribution in [3.63, 3.8) is 0 Å². The van der Waals surface area contributed by atoms with Crippen molar-refractivity contribution in [3.05, 3.63) is 28.2 Å². The second-order valence-electron chi connectivity index (χ2n) is 4.85. The van der Waals surface area contributed by atoms with Crippen molar-refractivity contribution in [2.75, 3.05) is 11.9 Å². The molecule has 1 amide bonds. The van der Waals surface area contributed by atoms with Crippen LogP contribution in [0.25, 0.3) is 0 Å². The third-order valence-corrected chi connectivity index (χ3v) is 4.59. The van der Waals surface area contributed by atoms with Crippen LogP contribution in [0.3, 0.4) is 0 Å². The fourth-order valence-electron chi connectivity index (χ4n) is 2.92. The maximum absolute atomic E-state index is 11.8. The second-order valence-corrected chi connectivity index (χ2v) is 5.64. The molecule has 2 aliphatic heterocycles. The Balaban J connectivity index is 1.81. The number of hydrogen-bond acceptors (Lipinski definition) is 2. The van der Waals surface area contributed by atoms with Crippen LogP contribution < -0.4 is 5.32 Å². The Hall–Kier alpha value is -0.930. The summed E-state index contributed by atoms with van der Waals surface area (Å²) in [5.74, 6) is 0.244. The first kappa shape index (κ1) is 12.1. The van der Waals surface area contributed by atoms with Crippen LogP contribution in [0.2, 0.25) is 10.0 Å². The maximum atomic E-state index is 11.8. The van der Waals surface area contributed by atoms with Crippen LogP contribution in [0.5, 0.6) is 0 Å². The van der Waals surface area contributed by atoms with E-state index in [9.17, 15) is 4.79 Å². The monoisotopic (exact) mass is 284 g/mol. The number of carbonyl (C=O) groups is 1. The Morgan fingerprint density at radius 2 is 2.17 bits per heavy atom. The third kappa shape index (κ3) is 1.95. The van der Waals surface area contributed by atoms with Gasteiger partial charge in [0.1, 0.15) is 0 Å². The summed E-state index contributed by atoms with van der Waals surface area (Å²) in [6, 6.07) is 5.98. The molecule has 2 aliphatic rings. The highest BCUT2D eigenvalue weighted by Crippen LogP contribution is 2.35. The minimum absolute atomic E-state index is 0.149. The lowest BCUT2D eigenvalue weighted by Crippen LogP contribution is -2.34. The van der Waals surface area contributed by atoms with Crippen LogP contribution in [0, 0.1) is 0 Å². The van der Waals surface area contributed by atoms with E-state index in [2.05, 4.69) is 5.32 Å². The zero-order valence-electron chi connectivity index (χ0n) is 9.83. The molecule has 96 valence electrons. The van der Waals surface area contributed by atoms with E-state index in [4.69, 9.17) is 23.2 Å². The fourth-order valence-corrected chi connectivity index (χ4v) is 3.28. The van der Waals surface area contributed by atoms with E-state index in [1.807, 2.05) is 17.0 Å². The molecule has 0 aliphatic carbocycles. The minimum atomic E-state index is 0.149. The number of rotatable bonds is 2. The van der Waals surface area contributed by atoms with E-state index < -0.39 is 0 Å². The van der Waals surface area contributed by atoms with Crippen LogP contribution in [0.1, 0.15) is 19.3 Å². The molecule has 1 aromatic rings. The lowest BCUT2D eigenvalue weighted by molar-refractivity contribution is -0.127. The van der Waals surface area contributed by atoms with E-state index in [1.165, 1.54) is 0 Å². The summed E-state index contributed by atoms with van der Waals surface area (Å²) in [4.78, 5) is 13.8. The molecule has 0 radical (unpaired) electrons. The lowest BCUT2D eigenvalue weighted by atomic mass is 10.1. The molecule has 2 fully saturated rings. The van der Waals surface area contributed by atoms with Crippen LogP contribution in [0.15, 0.2) is 18.2 Å². The quantitative estimate of drug-likeness (QED) is 0.905. The summed E-state index contributed by atoms with van der Waals surface area (Å²) in [5, 5.41) is 4.44. The number of fused-ring (bicyclic) bond motifs is 1. The zero-order chi connectivity index (χ0) is 12.7. The molecule has 1 N–H and O–H groups in total. The number of carbonyl (C=O) groups excluding carboxylic acids is 1. The smallest absolute Gasteiger partial charge is 0.225 e.